The van der Waals surface area contributed by atoms with Crippen molar-refractivity contribution in [2.75, 3.05) is 59.3 Å². The zero-order valence-electron chi connectivity index (χ0n) is 12.7. The minimum atomic E-state index is 0.635. The molecule has 0 saturated heterocycles. The second-order valence-electron chi connectivity index (χ2n) is 4.93. The maximum Gasteiger partial charge on any atom is 0.0701 e. The predicted molar refractivity (Wildman–Crippen MR) is 78.5 cm³/mol. The Bertz CT molecular complexity index is 169. The molecule has 0 aromatic rings. The number of unbranched alkanes of at least 4 members (excludes halogenated alkanes) is 1. The average Bonchev–Trinajstić information content (AvgIpc) is 2.39. The van der Waals surface area contributed by atoms with E-state index in [2.05, 4.69) is 19.2 Å². The average molecular weight is 276 g/mol. The van der Waals surface area contributed by atoms with E-state index in [1.807, 2.05) is 0 Å². The molecule has 5 nitrogen and oxygen atoms in total. The Balaban J connectivity index is 2.91. The van der Waals surface area contributed by atoms with Gasteiger partial charge in [0.1, 0.15) is 0 Å². The minimum absolute atomic E-state index is 0.635. The maximum atomic E-state index is 5.43. The lowest BCUT2D eigenvalue weighted by molar-refractivity contribution is 0.0145. The molecule has 0 fully saturated rings. The van der Waals surface area contributed by atoms with Crippen LogP contribution in [0.3, 0.4) is 0 Å². The summed E-state index contributed by atoms with van der Waals surface area (Å²) >= 11 is 0. The summed E-state index contributed by atoms with van der Waals surface area (Å²) in [4.78, 5) is 0. The third-order valence-corrected chi connectivity index (χ3v) is 2.46. The van der Waals surface area contributed by atoms with E-state index in [-0.39, 0.29) is 0 Å². The van der Waals surface area contributed by atoms with Gasteiger partial charge in [0.05, 0.1) is 33.0 Å². The Morgan fingerprint density at radius 3 is 2.00 bits per heavy atom. The molecule has 0 rings (SSSR count). The van der Waals surface area contributed by atoms with Crippen molar-refractivity contribution >= 4 is 0 Å². The molecule has 0 aromatic carbocycles. The second-order valence-corrected chi connectivity index (χ2v) is 4.93. The van der Waals surface area contributed by atoms with Crippen molar-refractivity contribution in [2.45, 2.75) is 26.7 Å². The van der Waals surface area contributed by atoms with E-state index in [4.69, 9.17) is 19.9 Å². The van der Waals surface area contributed by atoms with E-state index >= 15 is 0 Å². The first kappa shape index (κ1) is 18.8. The van der Waals surface area contributed by atoms with E-state index in [1.54, 1.807) is 0 Å². The summed E-state index contributed by atoms with van der Waals surface area (Å²) in [5.41, 5.74) is 5.38. The quantitative estimate of drug-likeness (QED) is 0.437. The van der Waals surface area contributed by atoms with Crippen LogP contribution in [0.15, 0.2) is 0 Å². The van der Waals surface area contributed by atoms with Crippen molar-refractivity contribution in [3.05, 3.63) is 0 Å². The molecule has 0 saturated carbocycles. The number of nitrogens with two attached hydrogens (primary N) is 1. The van der Waals surface area contributed by atoms with E-state index in [1.165, 1.54) is 0 Å². The van der Waals surface area contributed by atoms with Gasteiger partial charge in [-0.1, -0.05) is 13.8 Å². The Kier molecular flexibility index (Phi) is 15.7. The molecule has 0 aliphatic rings. The van der Waals surface area contributed by atoms with Crippen LogP contribution < -0.4 is 11.1 Å². The summed E-state index contributed by atoms with van der Waals surface area (Å²) in [5.74, 6) is 0.688. The molecule has 19 heavy (non-hydrogen) atoms. The van der Waals surface area contributed by atoms with Gasteiger partial charge in [0.15, 0.2) is 0 Å². The van der Waals surface area contributed by atoms with Crippen molar-refractivity contribution < 1.29 is 14.2 Å². The maximum absolute atomic E-state index is 5.43. The highest BCUT2D eigenvalue weighted by Gasteiger charge is 1.94. The van der Waals surface area contributed by atoms with Crippen LogP contribution in [0.25, 0.3) is 0 Å². The summed E-state index contributed by atoms with van der Waals surface area (Å²) in [6, 6.07) is 0. The van der Waals surface area contributed by atoms with Crippen molar-refractivity contribution in [3.63, 3.8) is 0 Å². The fourth-order valence-electron chi connectivity index (χ4n) is 1.43. The molecule has 0 aliphatic carbocycles. The Hall–Kier alpha value is -0.200. The monoisotopic (exact) mass is 276 g/mol. The van der Waals surface area contributed by atoms with Crippen molar-refractivity contribution in [3.8, 4) is 0 Å². The van der Waals surface area contributed by atoms with Crippen molar-refractivity contribution in [1.29, 1.82) is 0 Å². The largest absolute Gasteiger partial charge is 0.379 e. The molecule has 0 aromatic heterocycles. The highest BCUT2D eigenvalue weighted by atomic mass is 16.5. The van der Waals surface area contributed by atoms with Gasteiger partial charge in [-0.25, -0.2) is 0 Å². The van der Waals surface area contributed by atoms with Crippen LogP contribution in [-0.2, 0) is 14.2 Å². The summed E-state index contributed by atoms with van der Waals surface area (Å²) < 4.78 is 16.2. The standard InChI is InChI=1S/C14H32N2O3/c1-14(2)13-16-6-8-18-10-12-19-11-9-17-7-4-3-5-15/h14,16H,3-13,15H2,1-2H3. The summed E-state index contributed by atoms with van der Waals surface area (Å²) in [6.45, 7) is 11.2. The summed E-state index contributed by atoms with van der Waals surface area (Å²) in [7, 11) is 0. The lowest BCUT2D eigenvalue weighted by Gasteiger charge is -2.08. The highest BCUT2D eigenvalue weighted by Crippen LogP contribution is 1.88. The summed E-state index contributed by atoms with van der Waals surface area (Å²) in [6.07, 6.45) is 2.06. The first-order chi connectivity index (χ1) is 9.27. The topological polar surface area (TPSA) is 65.7 Å². The molecular weight excluding hydrogens is 244 g/mol. The molecule has 116 valence electrons. The van der Waals surface area contributed by atoms with Crippen LogP contribution in [0.5, 0.6) is 0 Å². The third kappa shape index (κ3) is 17.8. The fourth-order valence-corrected chi connectivity index (χ4v) is 1.43. The normalized spacial score (nSPS) is 11.4. The van der Waals surface area contributed by atoms with Gasteiger partial charge >= 0.3 is 0 Å². The van der Waals surface area contributed by atoms with Gasteiger partial charge < -0.3 is 25.3 Å². The molecule has 0 unspecified atom stereocenters. The first-order valence-electron chi connectivity index (χ1n) is 7.41. The van der Waals surface area contributed by atoms with Crippen LogP contribution >= 0.6 is 0 Å². The molecule has 0 atom stereocenters. The minimum Gasteiger partial charge on any atom is -0.379 e. The van der Waals surface area contributed by atoms with Crippen LogP contribution in [-0.4, -0.2) is 59.3 Å². The molecule has 0 bridgehead atoms. The van der Waals surface area contributed by atoms with Crippen LogP contribution in [0.2, 0.25) is 0 Å². The number of ether oxygens (including phenoxy) is 3. The smallest absolute Gasteiger partial charge is 0.0701 e. The zero-order valence-corrected chi connectivity index (χ0v) is 12.7. The van der Waals surface area contributed by atoms with E-state index in [0.29, 0.717) is 32.3 Å². The van der Waals surface area contributed by atoms with Gasteiger partial charge in [-0.05, 0) is 31.8 Å². The van der Waals surface area contributed by atoms with Gasteiger partial charge in [0, 0.05) is 13.2 Å². The lowest BCUT2D eigenvalue weighted by Crippen LogP contribution is -2.24. The SMILES string of the molecule is CC(C)CNCCOCCOCCOCCCCN. The number of hydrogen-bond acceptors (Lipinski definition) is 5. The third-order valence-electron chi connectivity index (χ3n) is 2.46. The Morgan fingerprint density at radius 2 is 1.42 bits per heavy atom. The molecule has 3 N–H and O–H groups in total. The van der Waals surface area contributed by atoms with Gasteiger partial charge in [-0.3, -0.25) is 0 Å². The molecule has 5 heteroatoms. The van der Waals surface area contributed by atoms with Gasteiger partial charge in [-0.2, -0.15) is 0 Å². The van der Waals surface area contributed by atoms with Crippen molar-refractivity contribution in [1.82, 2.24) is 5.32 Å². The zero-order chi connectivity index (χ0) is 14.2. The van der Waals surface area contributed by atoms with Crippen LogP contribution in [0, 0.1) is 5.92 Å². The van der Waals surface area contributed by atoms with Gasteiger partial charge in [0.2, 0.25) is 0 Å². The number of hydrogen-bond donors (Lipinski definition) is 2. The molecule has 0 amide bonds. The van der Waals surface area contributed by atoms with E-state index in [9.17, 15) is 0 Å². The molecule has 0 heterocycles. The van der Waals surface area contributed by atoms with Gasteiger partial charge in [0.25, 0.3) is 0 Å². The predicted octanol–water partition coefficient (Wildman–Crippen LogP) is 1.02. The number of rotatable bonds is 15. The molecular formula is C14H32N2O3. The van der Waals surface area contributed by atoms with E-state index < -0.39 is 0 Å². The first-order valence-corrected chi connectivity index (χ1v) is 7.41. The van der Waals surface area contributed by atoms with Crippen molar-refractivity contribution in [2.24, 2.45) is 11.7 Å². The lowest BCUT2D eigenvalue weighted by atomic mass is 10.2. The fraction of sp³-hybridized carbons (Fsp3) is 1.00. The second kappa shape index (κ2) is 15.9. The van der Waals surface area contributed by atoms with Crippen LogP contribution in [0.4, 0.5) is 0 Å². The number of nitrogens with one attached hydrogen (secondary N) is 1. The summed E-state index contributed by atoms with van der Waals surface area (Å²) in [5, 5.41) is 3.33. The van der Waals surface area contributed by atoms with Crippen LogP contribution in [0.1, 0.15) is 26.7 Å². The highest BCUT2D eigenvalue weighted by molar-refractivity contribution is 4.49. The molecule has 0 aliphatic heterocycles. The van der Waals surface area contributed by atoms with E-state index in [0.717, 1.165) is 45.7 Å². The van der Waals surface area contributed by atoms with Gasteiger partial charge in [-0.15, -0.1) is 0 Å². The Labute approximate surface area is 118 Å². The molecule has 0 spiro atoms. The molecule has 0 radical (unpaired) electrons. The Morgan fingerprint density at radius 1 is 0.842 bits per heavy atom.